The molecule has 4 aliphatic carbocycles. The molecule has 0 spiro atoms. The van der Waals surface area contributed by atoms with E-state index >= 15 is 0 Å². The van der Waals surface area contributed by atoms with Gasteiger partial charge in [-0.2, -0.15) is 0 Å². The maximum absolute atomic E-state index is 2.64. The first-order valence-electron chi connectivity index (χ1n) is 11.6. The molecule has 4 rings (SSSR count). The molecule has 4 fully saturated rings. The summed E-state index contributed by atoms with van der Waals surface area (Å²) in [4.78, 5) is 0. The molecule has 0 heteroatoms. The summed E-state index contributed by atoms with van der Waals surface area (Å²) >= 11 is 0. The van der Waals surface area contributed by atoms with Crippen LogP contribution in [0.5, 0.6) is 0 Å². The van der Waals surface area contributed by atoms with E-state index in [0.717, 1.165) is 59.2 Å². The zero-order chi connectivity index (χ0) is 16.8. The summed E-state index contributed by atoms with van der Waals surface area (Å²) < 4.78 is 0. The molecule has 24 heavy (non-hydrogen) atoms. The second-order valence-corrected chi connectivity index (χ2v) is 10.7. The van der Waals surface area contributed by atoms with Gasteiger partial charge < -0.3 is 0 Å². The second kappa shape index (κ2) is 6.96. The highest BCUT2D eigenvalue weighted by atomic mass is 14.6. The van der Waals surface area contributed by atoms with Gasteiger partial charge in [-0.15, -0.1) is 0 Å². The second-order valence-electron chi connectivity index (χ2n) is 10.7. The topological polar surface area (TPSA) is 0 Å². The van der Waals surface area contributed by atoms with Crippen LogP contribution in [0.2, 0.25) is 0 Å². The molecule has 0 N–H and O–H groups in total. The van der Waals surface area contributed by atoms with Gasteiger partial charge in [0, 0.05) is 0 Å². The fourth-order valence-corrected chi connectivity index (χ4v) is 8.47. The van der Waals surface area contributed by atoms with Crippen molar-refractivity contribution < 1.29 is 0 Å². The SMILES string of the molecule is CC1CCCC2C1CCC(C)C2C1C(C)CCC2C(C)CCCC21. The smallest absolute Gasteiger partial charge is 0.0324 e. The molecular weight excluding hydrogens is 288 g/mol. The first-order valence-corrected chi connectivity index (χ1v) is 11.6. The number of fused-ring (bicyclic) bond motifs is 2. The molecule has 0 aromatic rings. The van der Waals surface area contributed by atoms with Crippen LogP contribution in [0.25, 0.3) is 0 Å². The molecule has 0 aromatic carbocycles. The van der Waals surface area contributed by atoms with Crippen molar-refractivity contribution in [3.8, 4) is 0 Å². The summed E-state index contributed by atoms with van der Waals surface area (Å²) in [6.07, 6.45) is 15.4. The summed E-state index contributed by atoms with van der Waals surface area (Å²) in [5.74, 6) is 10.5. The minimum absolute atomic E-state index is 1.000. The summed E-state index contributed by atoms with van der Waals surface area (Å²) in [5.41, 5.74) is 0. The van der Waals surface area contributed by atoms with Gasteiger partial charge in [-0.05, 0) is 84.9 Å². The van der Waals surface area contributed by atoms with Crippen molar-refractivity contribution in [2.45, 2.75) is 91.9 Å². The van der Waals surface area contributed by atoms with E-state index in [9.17, 15) is 0 Å². The standard InChI is InChI=1S/C24H42/c1-15-7-5-9-21-19(15)13-11-17(3)23(21)24-18(4)12-14-20-16(2)8-6-10-22(20)24/h15-24H,5-14H2,1-4H3. The Morgan fingerprint density at radius 3 is 1.21 bits per heavy atom. The number of hydrogen-bond acceptors (Lipinski definition) is 0. The van der Waals surface area contributed by atoms with E-state index in [4.69, 9.17) is 0 Å². The van der Waals surface area contributed by atoms with Crippen LogP contribution in [-0.4, -0.2) is 0 Å². The summed E-state index contributed by atoms with van der Waals surface area (Å²) in [6.45, 7) is 10.4. The lowest BCUT2D eigenvalue weighted by Crippen LogP contribution is -2.50. The van der Waals surface area contributed by atoms with E-state index < -0.39 is 0 Å². The Morgan fingerprint density at radius 2 is 0.792 bits per heavy atom. The first kappa shape index (κ1) is 17.4. The third kappa shape index (κ3) is 2.88. The van der Waals surface area contributed by atoms with Crippen molar-refractivity contribution in [3.63, 3.8) is 0 Å². The van der Waals surface area contributed by atoms with Crippen molar-refractivity contribution in [2.75, 3.05) is 0 Å². The van der Waals surface area contributed by atoms with E-state index in [0.29, 0.717) is 0 Å². The van der Waals surface area contributed by atoms with Crippen LogP contribution < -0.4 is 0 Å². The zero-order valence-electron chi connectivity index (χ0n) is 16.8. The van der Waals surface area contributed by atoms with Crippen LogP contribution in [0.15, 0.2) is 0 Å². The van der Waals surface area contributed by atoms with E-state index in [-0.39, 0.29) is 0 Å². The Kier molecular flexibility index (Phi) is 5.05. The Hall–Kier alpha value is 0. The molecule has 0 bridgehead atoms. The maximum atomic E-state index is 2.64. The quantitative estimate of drug-likeness (QED) is 0.477. The van der Waals surface area contributed by atoms with Gasteiger partial charge in [-0.1, -0.05) is 66.2 Å². The molecule has 138 valence electrons. The van der Waals surface area contributed by atoms with Crippen LogP contribution in [-0.2, 0) is 0 Å². The van der Waals surface area contributed by atoms with Crippen LogP contribution in [0, 0.1) is 59.2 Å². The van der Waals surface area contributed by atoms with Crippen molar-refractivity contribution in [2.24, 2.45) is 59.2 Å². The summed E-state index contributed by atoms with van der Waals surface area (Å²) in [5, 5.41) is 0. The maximum Gasteiger partial charge on any atom is -0.0324 e. The van der Waals surface area contributed by atoms with E-state index in [1.807, 2.05) is 0 Å². The average molecular weight is 331 g/mol. The predicted octanol–water partition coefficient (Wildman–Crippen LogP) is 7.18. The molecule has 0 nitrogen and oxygen atoms in total. The van der Waals surface area contributed by atoms with Crippen LogP contribution >= 0.6 is 0 Å². The molecule has 0 aliphatic heterocycles. The number of rotatable bonds is 1. The van der Waals surface area contributed by atoms with Gasteiger partial charge in [0.1, 0.15) is 0 Å². The molecule has 4 saturated carbocycles. The van der Waals surface area contributed by atoms with Gasteiger partial charge in [0.15, 0.2) is 0 Å². The highest BCUT2D eigenvalue weighted by Crippen LogP contribution is 2.58. The van der Waals surface area contributed by atoms with Crippen LogP contribution in [0.4, 0.5) is 0 Å². The molecule has 10 unspecified atom stereocenters. The van der Waals surface area contributed by atoms with Gasteiger partial charge >= 0.3 is 0 Å². The molecular formula is C24H42. The fraction of sp³-hybridized carbons (Fsp3) is 1.00. The zero-order valence-corrected chi connectivity index (χ0v) is 16.8. The molecule has 10 atom stereocenters. The Morgan fingerprint density at radius 1 is 0.375 bits per heavy atom. The molecule has 0 amide bonds. The van der Waals surface area contributed by atoms with E-state index in [2.05, 4.69) is 27.7 Å². The lowest BCUT2D eigenvalue weighted by Gasteiger charge is -2.57. The molecule has 4 aliphatic rings. The van der Waals surface area contributed by atoms with Crippen molar-refractivity contribution in [1.82, 2.24) is 0 Å². The first-order chi connectivity index (χ1) is 11.6. The van der Waals surface area contributed by atoms with E-state index in [1.54, 1.807) is 25.7 Å². The highest BCUT2D eigenvalue weighted by Gasteiger charge is 2.51. The van der Waals surface area contributed by atoms with Crippen molar-refractivity contribution >= 4 is 0 Å². The van der Waals surface area contributed by atoms with Gasteiger partial charge in [-0.25, -0.2) is 0 Å². The summed E-state index contributed by atoms with van der Waals surface area (Å²) in [6, 6.07) is 0. The normalized spacial score (nSPS) is 55.5. The van der Waals surface area contributed by atoms with Crippen molar-refractivity contribution in [3.05, 3.63) is 0 Å². The minimum atomic E-state index is 1.000. The lowest BCUT2D eigenvalue weighted by molar-refractivity contribution is -0.0803. The molecule has 0 aromatic heterocycles. The average Bonchev–Trinajstić information content (AvgIpc) is 2.56. The van der Waals surface area contributed by atoms with Crippen molar-refractivity contribution in [1.29, 1.82) is 0 Å². The third-order valence-corrected chi connectivity index (χ3v) is 9.61. The van der Waals surface area contributed by atoms with Crippen LogP contribution in [0.3, 0.4) is 0 Å². The molecule has 0 saturated heterocycles. The minimum Gasteiger partial charge on any atom is -0.0622 e. The van der Waals surface area contributed by atoms with E-state index in [1.165, 1.54) is 38.5 Å². The van der Waals surface area contributed by atoms with Gasteiger partial charge in [0.05, 0.1) is 0 Å². The van der Waals surface area contributed by atoms with Gasteiger partial charge in [-0.3, -0.25) is 0 Å². The summed E-state index contributed by atoms with van der Waals surface area (Å²) in [7, 11) is 0. The van der Waals surface area contributed by atoms with Gasteiger partial charge in [0.2, 0.25) is 0 Å². The fourth-order valence-electron chi connectivity index (χ4n) is 8.47. The number of hydrogen-bond donors (Lipinski definition) is 0. The monoisotopic (exact) mass is 330 g/mol. The molecule has 0 radical (unpaired) electrons. The highest BCUT2D eigenvalue weighted by molar-refractivity contribution is 5.00. The predicted molar refractivity (Wildman–Crippen MR) is 104 cm³/mol. The van der Waals surface area contributed by atoms with Crippen LogP contribution in [0.1, 0.15) is 91.9 Å². The largest absolute Gasteiger partial charge is 0.0622 e. The van der Waals surface area contributed by atoms with Gasteiger partial charge in [0.25, 0.3) is 0 Å². The molecule has 0 heterocycles. The third-order valence-electron chi connectivity index (χ3n) is 9.61. The Balaban J connectivity index is 1.63. The Labute approximate surface area is 151 Å². The lowest BCUT2D eigenvalue weighted by atomic mass is 9.48. The Bertz CT molecular complexity index is 386.